The van der Waals surface area contributed by atoms with Crippen LogP contribution in [0.2, 0.25) is 0 Å². The smallest absolute Gasteiger partial charge is 0.465 e. The zero-order chi connectivity index (χ0) is 24.5. The van der Waals surface area contributed by atoms with Gasteiger partial charge >= 0.3 is 13.2 Å². The molecule has 0 bridgehead atoms. The summed E-state index contributed by atoms with van der Waals surface area (Å²) in [5, 5.41) is 14.8. The molecule has 1 aliphatic heterocycles. The molecule has 1 fully saturated rings. The summed E-state index contributed by atoms with van der Waals surface area (Å²) in [7, 11) is -0.471. The number of carbonyl (C=O) groups excluding carboxylic acids is 1. The summed E-state index contributed by atoms with van der Waals surface area (Å²) >= 11 is 0. The van der Waals surface area contributed by atoms with Crippen molar-refractivity contribution >= 4 is 24.6 Å². The van der Waals surface area contributed by atoms with Crippen LogP contribution < -0.4 is 16.1 Å². The molecule has 1 heterocycles. The molecule has 0 radical (unpaired) electrons. The van der Waals surface area contributed by atoms with Crippen molar-refractivity contribution in [3.05, 3.63) is 65.2 Å². The maximum Gasteiger partial charge on any atom is 0.494 e. The van der Waals surface area contributed by atoms with Gasteiger partial charge in [-0.2, -0.15) is 0 Å². The van der Waals surface area contributed by atoms with Crippen molar-refractivity contribution < 1.29 is 24.0 Å². The molecule has 1 saturated heterocycles. The highest BCUT2D eigenvalue weighted by Gasteiger charge is 2.51. The van der Waals surface area contributed by atoms with Crippen molar-refractivity contribution in [1.29, 1.82) is 0 Å². The first-order chi connectivity index (χ1) is 16.1. The molecule has 0 spiro atoms. The van der Waals surface area contributed by atoms with E-state index in [0.29, 0.717) is 0 Å². The summed E-state index contributed by atoms with van der Waals surface area (Å²) < 4.78 is 12.2. The van der Waals surface area contributed by atoms with Gasteiger partial charge in [-0.15, -0.1) is 0 Å². The lowest BCUT2D eigenvalue weighted by molar-refractivity contribution is -0.123. The lowest BCUT2D eigenvalue weighted by Crippen LogP contribution is -2.48. The fourth-order valence-corrected chi connectivity index (χ4v) is 4.56. The van der Waals surface area contributed by atoms with Crippen LogP contribution >= 0.6 is 0 Å². The fourth-order valence-electron chi connectivity index (χ4n) is 4.56. The SMILES string of the molecule is CC1(C)OB(c2ccc(C[C@H](NC(=O)O)C(=O)N[C@@H]3CCCc4ccccc43)cc2)OC1(C)C. The summed E-state index contributed by atoms with van der Waals surface area (Å²) in [4.78, 5) is 24.5. The van der Waals surface area contributed by atoms with Crippen LogP contribution in [0.1, 0.15) is 63.3 Å². The lowest BCUT2D eigenvalue weighted by atomic mass is 9.78. The predicted molar refractivity (Wildman–Crippen MR) is 131 cm³/mol. The molecule has 180 valence electrons. The molecule has 3 N–H and O–H groups in total. The summed E-state index contributed by atoms with van der Waals surface area (Å²) in [5.74, 6) is -0.320. The average Bonchev–Trinajstić information content (AvgIpc) is 3.00. The maximum absolute atomic E-state index is 13.1. The van der Waals surface area contributed by atoms with Gasteiger partial charge in [0.05, 0.1) is 17.2 Å². The number of rotatable bonds is 6. The minimum atomic E-state index is -1.22. The minimum absolute atomic E-state index is 0.110. The van der Waals surface area contributed by atoms with Gasteiger partial charge in [0.25, 0.3) is 0 Å². The van der Waals surface area contributed by atoms with Gasteiger partial charge in [-0.25, -0.2) is 4.79 Å². The third kappa shape index (κ3) is 5.13. The van der Waals surface area contributed by atoms with Crippen LogP contribution in [0.25, 0.3) is 0 Å². The first kappa shape index (κ1) is 24.3. The van der Waals surface area contributed by atoms with Crippen LogP contribution in [-0.2, 0) is 26.9 Å². The van der Waals surface area contributed by atoms with Gasteiger partial charge < -0.3 is 25.0 Å². The Morgan fingerprint density at radius 2 is 1.71 bits per heavy atom. The van der Waals surface area contributed by atoms with Crippen LogP contribution in [0.15, 0.2) is 48.5 Å². The average molecular weight is 464 g/mol. The fraction of sp³-hybridized carbons (Fsp3) is 0.462. The van der Waals surface area contributed by atoms with Crippen molar-refractivity contribution in [2.75, 3.05) is 0 Å². The second kappa shape index (κ2) is 9.43. The van der Waals surface area contributed by atoms with E-state index in [2.05, 4.69) is 16.7 Å². The summed E-state index contributed by atoms with van der Waals surface area (Å²) in [6, 6.07) is 14.7. The number of aryl methyl sites for hydroxylation is 1. The summed E-state index contributed by atoms with van der Waals surface area (Å²) in [5.41, 5.74) is 3.22. The molecule has 8 heteroatoms. The number of hydrogen-bond acceptors (Lipinski definition) is 4. The summed E-state index contributed by atoms with van der Waals surface area (Å²) in [6.45, 7) is 8.03. The van der Waals surface area contributed by atoms with Crippen molar-refractivity contribution in [3.63, 3.8) is 0 Å². The van der Waals surface area contributed by atoms with Crippen LogP contribution in [0, 0.1) is 0 Å². The number of nitrogens with one attached hydrogen (secondary N) is 2. The number of benzene rings is 2. The quantitative estimate of drug-likeness (QED) is 0.570. The van der Waals surface area contributed by atoms with Crippen molar-refractivity contribution in [2.24, 2.45) is 0 Å². The largest absolute Gasteiger partial charge is 0.494 e. The Labute approximate surface area is 201 Å². The highest BCUT2D eigenvalue weighted by atomic mass is 16.7. The molecule has 4 rings (SSSR count). The second-order valence-electron chi connectivity index (χ2n) is 10.2. The standard InChI is InChI=1S/C26H33BN2O5/c1-25(2)26(3,4)34-27(33-25)19-14-12-17(13-15-19)16-22(29-24(31)32)23(30)28-21-11-7-9-18-8-5-6-10-20(18)21/h5-6,8,10,12-15,21-22,29H,7,9,11,16H2,1-4H3,(H,28,30)(H,31,32)/t21-,22+/m1/s1. The zero-order valence-electron chi connectivity index (χ0n) is 20.3. The monoisotopic (exact) mass is 464 g/mol. The van der Waals surface area contributed by atoms with E-state index < -0.39 is 30.5 Å². The van der Waals surface area contributed by atoms with E-state index in [1.807, 2.05) is 70.2 Å². The Kier molecular flexibility index (Phi) is 6.74. The normalized spacial score (nSPS) is 21.4. The highest BCUT2D eigenvalue weighted by Crippen LogP contribution is 2.36. The van der Waals surface area contributed by atoms with Gasteiger partial charge in [-0.3, -0.25) is 4.79 Å². The lowest BCUT2D eigenvalue weighted by Gasteiger charge is -2.32. The molecule has 7 nitrogen and oxygen atoms in total. The minimum Gasteiger partial charge on any atom is -0.465 e. The Morgan fingerprint density at radius 3 is 2.35 bits per heavy atom. The van der Waals surface area contributed by atoms with Crippen molar-refractivity contribution in [1.82, 2.24) is 10.6 Å². The molecule has 1 aliphatic carbocycles. The maximum atomic E-state index is 13.1. The molecule has 2 aromatic rings. The summed E-state index contributed by atoms with van der Waals surface area (Å²) in [6.07, 6.45) is 1.84. The van der Waals surface area contributed by atoms with Crippen LogP contribution in [0.3, 0.4) is 0 Å². The molecule has 0 unspecified atom stereocenters. The Bertz CT molecular complexity index is 1040. The Hall–Kier alpha value is -2.84. The molecule has 34 heavy (non-hydrogen) atoms. The first-order valence-corrected chi connectivity index (χ1v) is 11.9. The van der Waals surface area contributed by atoms with Gasteiger partial charge in [0.15, 0.2) is 0 Å². The van der Waals surface area contributed by atoms with E-state index in [4.69, 9.17) is 9.31 Å². The third-order valence-electron chi connectivity index (χ3n) is 7.25. The number of carboxylic acid groups (broad SMARTS) is 1. The van der Waals surface area contributed by atoms with Gasteiger partial charge in [0.2, 0.25) is 5.91 Å². The van der Waals surface area contributed by atoms with Crippen LogP contribution in [0.4, 0.5) is 4.79 Å². The van der Waals surface area contributed by atoms with Gasteiger partial charge in [-0.05, 0) is 69.1 Å². The van der Waals surface area contributed by atoms with Crippen LogP contribution in [0.5, 0.6) is 0 Å². The highest BCUT2D eigenvalue weighted by molar-refractivity contribution is 6.62. The van der Waals surface area contributed by atoms with E-state index >= 15 is 0 Å². The first-order valence-electron chi connectivity index (χ1n) is 11.9. The molecule has 2 aliphatic rings. The number of amides is 2. The van der Waals surface area contributed by atoms with Crippen LogP contribution in [-0.4, -0.2) is 41.5 Å². The van der Waals surface area contributed by atoms with Crippen molar-refractivity contribution in [3.8, 4) is 0 Å². The van der Waals surface area contributed by atoms with Crippen molar-refractivity contribution in [2.45, 2.75) is 76.7 Å². The van der Waals surface area contributed by atoms with E-state index in [1.54, 1.807) is 0 Å². The van der Waals surface area contributed by atoms with E-state index in [-0.39, 0.29) is 18.4 Å². The number of carbonyl (C=O) groups is 2. The third-order valence-corrected chi connectivity index (χ3v) is 7.25. The molecular formula is C26H33BN2O5. The van der Waals surface area contributed by atoms with E-state index in [9.17, 15) is 14.7 Å². The zero-order valence-corrected chi connectivity index (χ0v) is 20.3. The van der Waals surface area contributed by atoms with Gasteiger partial charge in [0.1, 0.15) is 6.04 Å². The Morgan fingerprint density at radius 1 is 1.06 bits per heavy atom. The van der Waals surface area contributed by atoms with E-state index in [1.165, 1.54) is 5.56 Å². The predicted octanol–water partition coefficient (Wildman–Crippen LogP) is 3.36. The number of hydrogen-bond donors (Lipinski definition) is 3. The molecule has 0 aromatic heterocycles. The van der Waals surface area contributed by atoms with E-state index in [0.717, 1.165) is 35.9 Å². The number of fused-ring (bicyclic) bond motifs is 1. The molecule has 2 amide bonds. The van der Waals surface area contributed by atoms with Gasteiger partial charge in [0, 0.05) is 6.42 Å². The molecular weight excluding hydrogens is 431 g/mol. The molecule has 2 aromatic carbocycles. The topological polar surface area (TPSA) is 96.9 Å². The molecule has 2 atom stereocenters. The second-order valence-corrected chi connectivity index (χ2v) is 10.2. The Balaban J connectivity index is 1.45. The molecule has 0 saturated carbocycles. The van der Waals surface area contributed by atoms with Gasteiger partial charge in [-0.1, -0.05) is 48.5 Å².